The van der Waals surface area contributed by atoms with Crippen LogP contribution in [-0.4, -0.2) is 41.8 Å². The highest BCUT2D eigenvalue weighted by molar-refractivity contribution is 5.87. The molecule has 7 heteroatoms. The summed E-state index contributed by atoms with van der Waals surface area (Å²) in [5.74, 6) is -0.798. The lowest BCUT2D eigenvalue weighted by molar-refractivity contribution is -0.137. The molecule has 0 bridgehead atoms. The van der Waals surface area contributed by atoms with E-state index >= 15 is 0 Å². The number of rotatable bonds is 7. The van der Waals surface area contributed by atoms with Crippen molar-refractivity contribution in [2.24, 2.45) is 11.3 Å². The monoisotopic (exact) mass is 448 g/mol. The Bertz CT molecular complexity index is 1070. The number of benzene rings is 2. The van der Waals surface area contributed by atoms with Crippen LogP contribution in [0.5, 0.6) is 0 Å². The number of aliphatic carboxylic acids is 1. The summed E-state index contributed by atoms with van der Waals surface area (Å²) in [5, 5.41) is 14.7. The number of carboxylic acids is 1. The van der Waals surface area contributed by atoms with Gasteiger partial charge in [0.2, 0.25) is 5.91 Å². The summed E-state index contributed by atoms with van der Waals surface area (Å²) in [6.07, 6.45) is 1.53. The maximum atomic E-state index is 12.7. The summed E-state index contributed by atoms with van der Waals surface area (Å²) in [6, 6.07) is 15.9. The van der Waals surface area contributed by atoms with E-state index in [9.17, 15) is 14.4 Å². The number of carbonyl (C=O) groups excluding carboxylic acids is 2. The second-order valence-corrected chi connectivity index (χ2v) is 9.64. The molecule has 172 valence electrons. The van der Waals surface area contributed by atoms with Crippen LogP contribution in [0.2, 0.25) is 0 Å². The molecule has 4 atom stereocenters. The molecule has 2 amide bonds. The molecule has 2 aromatic carbocycles. The van der Waals surface area contributed by atoms with E-state index in [1.54, 1.807) is 6.92 Å². The summed E-state index contributed by atoms with van der Waals surface area (Å²) in [6.45, 7) is 1.95. The van der Waals surface area contributed by atoms with E-state index in [0.29, 0.717) is 6.42 Å². The first-order valence-electron chi connectivity index (χ1n) is 11.5. The van der Waals surface area contributed by atoms with Gasteiger partial charge in [-0.05, 0) is 54.4 Å². The fraction of sp³-hybridized carbons (Fsp3) is 0.423. The van der Waals surface area contributed by atoms with Crippen LogP contribution in [0.1, 0.15) is 49.7 Å². The van der Waals surface area contributed by atoms with Gasteiger partial charge in [0.1, 0.15) is 6.61 Å². The first kappa shape index (κ1) is 21.5. The van der Waals surface area contributed by atoms with Gasteiger partial charge in [0.05, 0.1) is 11.8 Å². The Hall–Kier alpha value is -3.35. The Labute approximate surface area is 192 Å². The number of fused-ring (bicyclic) bond motifs is 4. The van der Waals surface area contributed by atoms with Crippen molar-refractivity contribution in [3.63, 3.8) is 0 Å². The topological polar surface area (TPSA) is 105 Å². The number of hydrogen-bond donors (Lipinski definition) is 3. The highest BCUT2D eigenvalue weighted by Gasteiger charge is 2.65. The third kappa shape index (κ3) is 3.96. The minimum atomic E-state index is -0.936. The molecule has 3 aliphatic rings. The van der Waals surface area contributed by atoms with Gasteiger partial charge in [0.25, 0.3) is 0 Å². The molecule has 0 heterocycles. The molecule has 0 aromatic heterocycles. The molecule has 2 saturated carbocycles. The normalized spacial score (nSPS) is 25.4. The Morgan fingerprint density at radius 1 is 1.06 bits per heavy atom. The molecule has 3 unspecified atom stereocenters. The van der Waals surface area contributed by atoms with Crippen molar-refractivity contribution in [1.82, 2.24) is 10.6 Å². The predicted molar refractivity (Wildman–Crippen MR) is 122 cm³/mol. The summed E-state index contributed by atoms with van der Waals surface area (Å²) in [4.78, 5) is 36.1. The molecule has 0 radical (unpaired) electrons. The van der Waals surface area contributed by atoms with Gasteiger partial charge in [0, 0.05) is 18.0 Å². The lowest BCUT2D eigenvalue weighted by Gasteiger charge is -2.20. The van der Waals surface area contributed by atoms with E-state index in [4.69, 9.17) is 9.84 Å². The molecule has 2 aromatic rings. The highest BCUT2D eigenvalue weighted by Crippen LogP contribution is 2.63. The van der Waals surface area contributed by atoms with Crippen molar-refractivity contribution in [1.29, 1.82) is 0 Å². The smallest absolute Gasteiger partial charge is 0.407 e. The maximum absolute atomic E-state index is 12.7. The van der Waals surface area contributed by atoms with Crippen molar-refractivity contribution < 1.29 is 24.2 Å². The van der Waals surface area contributed by atoms with Crippen LogP contribution in [0, 0.1) is 11.3 Å². The molecule has 3 aliphatic carbocycles. The largest absolute Gasteiger partial charge is 0.481 e. The number of alkyl carbamates (subject to hydrolysis) is 1. The first-order valence-corrected chi connectivity index (χ1v) is 11.5. The third-order valence-corrected chi connectivity index (χ3v) is 7.39. The van der Waals surface area contributed by atoms with Crippen LogP contribution < -0.4 is 10.6 Å². The standard InChI is InChI=1S/C26H28N2O5/c1-15(10-23(29)30)27-24(31)26-12-16(26)11-17(13-26)28-25(32)33-14-22-20-8-4-2-6-18(20)19-7-3-5-9-21(19)22/h2-9,15-17,22H,10-14H2,1H3,(H,27,31)(H,28,32)(H,29,30)/t15-,16?,17?,26?/m1/s1. The lowest BCUT2D eigenvalue weighted by atomic mass is 9.98. The van der Waals surface area contributed by atoms with Gasteiger partial charge in [-0.2, -0.15) is 0 Å². The van der Waals surface area contributed by atoms with Gasteiger partial charge >= 0.3 is 12.1 Å². The average molecular weight is 449 g/mol. The Morgan fingerprint density at radius 3 is 2.33 bits per heavy atom. The number of carbonyl (C=O) groups is 3. The molecule has 2 fully saturated rings. The van der Waals surface area contributed by atoms with Crippen LogP contribution in [0.15, 0.2) is 48.5 Å². The Kier molecular flexibility index (Phi) is 5.35. The molecule has 3 N–H and O–H groups in total. The van der Waals surface area contributed by atoms with Crippen molar-refractivity contribution in [3.8, 4) is 11.1 Å². The second-order valence-electron chi connectivity index (χ2n) is 9.64. The van der Waals surface area contributed by atoms with Gasteiger partial charge in [-0.1, -0.05) is 48.5 Å². The van der Waals surface area contributed by atoms with Crippen molar-refractivity contribution in [3.05, 3.63) is 59.7 Å². The minimum Gasteiger partial charge on any atom is -0.481 e. The minimum absolute atomic E-state index is 0.00738. The second kappa shape index (κ2) is 8.21. The first-order chi connectivity index (χ1) is 15.9. The molecule has 7 nitrogen and oxygen atoms in total. The number of ether oxygens (including phenoxy) is 1. The Balaban J connectivity index is 1.16. The van der Waals surface area contributed by atoms with Crippen LogP contribution >= 0.6 is 0 Å². The summed E-state index contributed by atoms with van der Waals surface area (Å²) in [7, 11) is 0. The van der Waals surface area contributed by atoms with Crippen molar-refractivity contribution in [2.75, 3.05) is 6.61 Å². The maximum Gasteiger partial charge on any atom is 0.407 e. The molecule has 0 spiro atoms. The lowest BCUT2D eigenvalue weighted by Crippen LogP contribution is -2.41. The van der Waals surface area contributed by atoms with Crippen molar-refractivity contribution >= 4 is 18.0 Å². The average Bonchev–Trinajstić information content (AvgIpc) is 3.20. The predicted octanol–water partition coefficient (Wildman–Crippen LogP) is 3.67. The van der Waals surface area contributed by atoms with E-state index in [2.05, 4.69) is 34.9 Å². The quantitative estimate of drug-likeness (QED) is 0.599. The Morgan fingerprint density at radius 2 is 1.70 bits per heavy atom. The molecule has 33 heavy (non-hydrogen) atoms. The van der Waals surface area contributed by atoms with E-state index in [1.165, 1.54) is 22.3 Å². The van der Waals surface area contributed by atoms with E-state index < -0.39 is 23.5 Å². The summed E-state index contributed by atoms with van der Waals surface area (Å²) in [5.41, 5.74) is 4.22. The summed E-state index contributed by atoms with van der Waals surface area (Å²) < 4.78 is 5.64. The number of amides is 2. The SMILES string of the molecule is C[C@H](CC(=O)O)NC(=O)C12CC(NC(=O)OCC3c4ccccc4-c4ccccc43)CC1C2. The molecule has 0 saturated heterocycles. The number of hydrogen-bond acceptors (Lipinski definition) is 4. The van der Waals surface area contributed by atoms with Gasteiger partial charge in [-0.25, -0.2) is 4.79 Å². The zero-order valence-corrected chi connectivity index (χ0v) is 18.5. The number of nitrogens with one attached hydrogen (secondary N) is 2. The van der Waals surface area contributed by atoms with Gasteiger partial charge in [-0.3, -0.25) is 9.59 Å². The van der Waals surface area contributed by atoms with Gasteiger partial charge in [-0.15, -0.1) is 0 Å². The fourth-order valence-corrected chi connectivity index (χ4v) is 5.77. The molecular weight excluding hydrogens is 420 g/mol. The summed E-state index contributed by atoms with van der Waals surface area (Å²) >= 11 is 0. The van der Waals surface area contributed by atoms with Gasteiger partial charge < -0.3 is 20.5 Å². The molecule has 5 rings (SSSR count). The van der Waals surface area contributed by atoms with Crippen LogP contribution in [0.25, 0.3) is 11.1 Å². The van der Waals surface area contributed by atoms with Crippen LogP contribution in [0.3, 0.4) is 0 Å². The van der Waals surface area contributed by atoms with E-state index in [-0.39, 0.29) is 36.8 Å². The highest BCUT2D eigenvalue weighted by atomic mass is 16.5. The zero-order valence-electron chi connectivity index (χ0n) is 18.5. The number of carboxylic acid groups (broad SMARTS) is 1. The van der Waals surface area contributed by atoms with E-state index in [0.717, 1.165) is 12.8 Å². The van der Waals surface area contributed by atoms with Crippen LogP contribution in [-0.2, 0) is 14.3 Å². The fourth-order valence-electron chi connectivity index (χ4n) is 5.77. The third-order valence-electron chi connectivity index (χ3n) is 7.39. The van der Waals surface area contributed by atoms with Crippen molar-refractivity contribution in [2.45, 2.75) is 50.6 Å². The zero-order chi connectivity index (χ0) is 23.2. The molecule has 0 aliphatic heterocycles. The molecular formula is C26H28N2O5. The van der Waals surface area contributed by atoms with Gasteiger partial charge in [0.15, 0.2) is 0 Å². The van der Waals surface area contributed by atoms with Crippen LogP contribution in [0.4, 0.5) is 4.79 Å². The van der Waals surface area contributed by atoms with E-state index in [1.807, 2.05) is 24.3 Å².